The molecule has 0 radical (unpaired) electrons. The predicted octanol–water partition coefficient (Wildman–Crippen LogP) is 4.93. The van der Waals surface area contributed by atoms with Gasteiger partial charge in [-0.3, -0.25) is 4.79 Å². The van der Waals surface area contributed by atoms with Gasteiger partial charge in [-0.25, -0.2) is 9.97 Å². The summed E-state index contributed by atoms with van der Waals surface area (Å²) < 4.78 is 1.68. The summed E-state index contributed by atoms with van der Waals surface area (Å²) in [5.41, 5.74) is 2.58. The van der Waals surface area contributed by atoms with Crippen molar-refractivity contribution in [3.63, 3.8) is 0 Å². The number of aromatic nitrogens is 4. The largest absolute Gasteiger partial charge is 0.310 e. The van der Waals surface area contributed by atoms with Crippen LogP contribution < -0.4 is 5.32 Å². The van der Waals surface area contributed by atoms with Gasteiger partial charge in [-0.2, -0.15) is 21.1 Å². The third kappa shape index (κ3) is 4.44. The summed E-state index contributed by atoms with van der Waals surface area (Å²) in [5.74, 6) is 1.13. The number of hydrogen-bond acceptors (Lipinski definition) is 6. The first-order valence-corrected chi connectivity index (χ1v) is 11.0. The highest BCUT2D eigenvalue weighted by molar-refractivity contribution is 7.14. The van der Waals surface area contributed by atoms with Crippen LogP contribution in [0.4, 0.5) is 5.82 Å². The number of anilines is 1. The summed E-state index contributed by atoms with van der Waals surface area (Å²) >= 11 is 3.19. The number of nitrogens with zero attached hydrogens (tertiary/aromatic N) is 4. The predicted molar refractivity (Wildman–Crippen MR) is 118 cm³/mol. The van der Waals surface area contributed by atoms with Crippen LogP contribution in [0.5, 0.6) is 0 Å². The molecule has 0 bridgehead atoms. The fraction of sp³-hybridized carbons (Fsp3) is 0.238. The Kier molecular flexibility index (Phi) is 5.29. The second-order valence-corrected chi connectivity index (χ2v) is 9.28. The average Bonchev–Trinajstić information content (AvgIpc) is 3.42. The maximum absolute atomic E-state index is 12.7. The van der Waals surface area contributed by atoms with Crippen LogP contribution in [0.3, 0.4) is 0 Å². The summed E-state index contributed by atoms with van der Waals surface area (Å²) in [5, 5.41) is 14.6. The number of carbonyl (C=O) groups excluding carboxylic acids is 1. The van der Waals surface area contributed by atoms with Crippen molar-refractivity contribution in [3.8, 4) is 16.4 Å². The number of thiazole rings is 1. The molecule has 1 amide bonds. The zero-order valence-corrected chi connectivity index (χ0v) is 18.0. The molecule has 0 aliphatic carbocycles. The molecule has 8 heteroatoms. The molecule has 0 fully saturated rings. The quantitative estimate of drug-likeness (QED) is 0.494. The van der Waals surface area contributed by atoms with E-state index in [1.807, 2.05) is 41.1 Å². The standard InChI is InChI=1S/C21H21N5OS2/c1-21(2,3)16-11-18(26(25-16)17-6-4-5-8-22-17)24-19(27)10-15-13-29-20(23-15)14-7-9-28-12-14/h4-9,11-13H,10H2,1-3H3,(H,24,27). The number of thiophene rings is 1. The van der Waals surface area contributed by atoms with E-state index in [-0.39, 0.29) is 17.7 Å². The summed E-state index contributed by atoms with van der Waals surface area (Å²) in [4.78, 5) is 21.7. The monoisotopic (exact) mass is 423 g/mol. The van der Waals surface area contributed by atoms with E-state index in [0.29, 0.717) is 11.6 Å². The maximum Gasteiger partial charge on any atom is 0.231 e. The van der Waals surface area contributed by atoms with Gasteiger partial charge in [0, 0.05) is 34.0 Å². The zero-order valence-electron chi connectivity index (χ0n) is 16.4. The summed E-state index contributed by atoms with van der Waals surface area (Å²) in [6.07, 6.45) is 1.92. The second kappa shape index (κ2) is 7.88. The molecule has 4 aromatic rings. The maximum atomic E-state index is 12.7. The molecule has 0 saturated heterocycles. The Morgan fingerprint density at radius 1 is 1.21 bits per heavy atom. The van der Waals surface area contributed by atoms with Crippen molar-refractivity contribution in [2.75, 3.05) is 5.32 Å². The molecule has 0 spiro atoms. The van der Waals surface area contributed by atoms with Crippen molar-refractivity contribution < 1.29 is 4.79 Å². The lowest BCUT2D eigenvalue weighted by molar-refractivity contribution is -0.115. The topological polar surface area (TPSA) is 72.7 Å². The molecule has 4 aromatic heterocycles. The SMILES string of the molecule is CC(C)(C)c1cc(NC(=O)Cc2csc(-c3ccsc3)n2)n(-c2ccccn2)n1. The first kappa shape index (κ1) is 19.5. The average molecular weight is 424 g/mol. The number of nitrogens with one attached hydrogen (secondary N) is 1. The van der Waals surface area contributed by atoms with Gasteiger partial charge in [0.2, 0.25) is 5.91 Å². The van der Waals surface area contributed by atoms with Gasteiger partial charge in [0.25, 0.3) is 0 Å². The highest BCUT2D eigenvalue weighted by Crippen LogP contribution is 2.27. The van der Waals surface area contributed by atoms with Gasteiger partial charge >= 0.3 is 0 Å². The molecule has 0 aliphatic heterocycles. The normalized spacial score (nSPS) is 11.6. The van der Waals surface area contributed by atoms with E-state index < -0.39 is 0 Å². The molecule has 0 aliphatic rings. The van der Waals surface area contributed by atoms with Crippen molar-refractivity contribution in [3.05, 3.63) is 64.1 Å². The highest BCUT2D eigenvalue weighted by atomic mass is 32.1. The number of amides is 1. The molecule has 4 rings (SSSR count). The first-order chi connectivity index (χ1) is 13.9. The molecule has 0 atom stereocenters. The summed E-state index contributed by atoms with van der Waals surface area (Å²) in [7, 11) is 0. The Morgan fingerprint density at radius 3 is 2.76 bits per heavy atom. The van der Waals surface area contributed by atoms with Gasteiger partial charge in [-0.1, -0.05) is 26.8 Å². The number of hydrogen-bond donors (Lipinski definition) is 1. The number of pyridine rings is 1. The van der Waals surface area contributed by atoms with E-state index >= 15 is 0 Å². The van der Waals surface area contributed by atoms with Crippen LogP contribution in [0.15, 0.2) is 52.7 Å². The van der Waals surface area contributed by atoms with Crippen LogP contribution in [0.25, 0.3) is 16.4 Å². The van der Waals surface area contributed by atoms with E-state index in [4.69, 9.17) is 0 Å². The lowest BCUT2D eigenvalue weighted by Gasteiger charge is -2.13. The smallest absolute Gasteiger partial charge is 0.231 e. The molecule has 29 heavy (non-hydrogen) atoms. The number of rotatable bonds is 5. The Morgan fingerprint density at radius 2 is 2.07 bits per heavy atom. The lowest BCUT2D eigenvalue weighted by atomic mass is 9.92. The third-order valence-electron chi connectivity index (χ3n) is 4.27. The minimum atomic E-state index is -0.149. The second-order valence-electron chi connectivity index (χ2n) is 7.65. The lowest BCUT2D eigenvalue weighted by Crippen LogP contribution is -2.17. The van der Waals surface area contributed by atoms with E-state index in [1.165, 1.54) is 0 Å². The van der Waals surface area contributed by atoms with Crippen molar-refractivity contribution in [2.45, 2.75) is 32.6 Å². The van der Waals surface area contributed by atoms with E-state index in [1.54, 1.807) is 33.6 Å². The minimum Gasteiger partial charge on any atom is -0.310 e. The van der Waals surface area contributed by atoms with Gasteiger partial charge in [0.15, 0.2) is 5.82 Å². The molecule has 0 unspecified atom stereocenters. The van der Waals surface area contributed by atoms with Crippen LogP contribution in [0.2, 0.25) is 0 Å². The van der Waals surface area contributed by atoms with Gasteiger partial charge in [0.05, 0.1) is 17.8 Å². The Bertz CT molecular complexity index is 1110. The van der Waals surface area contributed by atoms with E-state index in [0.717, 1.165) is 22.0 Å². The van der Waals surface area contributed by atoms with Crippen LogP contribution in [0.1, 0.15) is 32.2 Å². The minimum absolute atomic E-state index is 0.135. The van der Waals surface area contributed by atoms with E-state index in [2.05, 4.69) is 46.5 Å². The van der Waals surface area contributed by atoms with Gasteiger partial charge in [-0.05, 0) is 23.6 Å². The van der Waals surface area contributed by atoms with Crippen LogP contribution in [0, 0.1) is 0 Å². The first-order valence-electron chi connectivity index (χ1n) is 9.19. The zero-order chi connectivity index (χ0) is 20.4. The molecule has 6 nitrogen and oxygen atoms in total. The van der Waals surface area contributed by atoms with Crippen molar-refractivity contribution in [1.29, 1.82) is 0 Å². The molecule has 0 saturated carbocycles. The van der Waals surface area contributed by atoms with Gasteiger partial charge < -0.3 is 5.32 Å². The van der Waals surface area contributed by atoms with Crippen LogP contribution >= 0.6 is 22.7 Å². The highest BCUT2D eigenvalue weighted by Gasteiger charge is 2.22. The summed E-state index contributed by atoms with van der Waals surface area (Å²) in [6, 6.07) is 9.55. The third-order valence-corrected chi connectivity index (χ3v) is 5.90. The fourth-order valence-electron chi connectivity index (χ4n) is 2.75. The van der Waals surface area contributed by atoms with Gasteiger partial charge in [-0.15, -0.1) is 11.3 Å². The molecular weight excluding hydrogens is 402 g/mol. The van der Waals surface area contributed by atoms with Crippen LogP contribution in [-0.2, 0) is 16.6 Å². The van der Waals surface area contributed by atoms with E-state index in [9.17, 15) is 4.79 Å². The fourth-order valence-corrected chi connectivity index (χ4v) is 4.28. The number of carbonyl (C=O) groups is 1. The van der Waals surface area contributed by atoms with Crippen molar-refractivity contribution >= 4 is 34.4 Å². The van der Waals surface area contributed by atoms with Gasteiger partial charge in [0.1, 0.15) is 10.8 Å². The summed E-state index contributed by atoms with van der Waals surface area (Å²) in [6.45, 7) is 6.26. The van der Waals surface area contributed by atoms with Crippen molar-refractivity contribution in [2.24, 2.45) is 0 Å². The molecule has 4 heterocycles. The Labute approximate surface area is 177 Å². The molecule has 0 aromatic carbocycles. The molecular formula is C21H21N5OS2. The molecule has 1 N–H and O–H groups in total. The Hall–Kier alpha value is -2.84. The Balaban J connectivity index is 1.55. The van der Waals surface area contributed by atoms with Crippen LogP contribution in [-0.4, -0.2) is 25.7 Å². The molecule has 148 valence electrons. The van der Waals surface area contributed by atoms with Crippen molar-refractivity contribution in [1.82, 2.24) is 19.7 Å².